The van der Waals surface area contributed by atoms with Crippen LogP contribution in [0, 0.1) is 0 Å². The van der Waals surface area contributed by atoms with Gasteiger partial charge in [0.2, 0.25) is 0 Å². The molecule has 0 spiro atoms. The standard InChI is InChI=1S/C13H26N2O2/c1-11-9-15(7-8-17-11)13(10-14)5-3-12(16-2)4-6-13/h11-12H,3-10,14H2,1-2H3. The van der Waals surface area contributed by atoms with E-state index < -0.39 is 0 Å². The summed E-state index contributed by atoms with van der Waals surface area (Å²) >= 11 is 0. The van der Waals surface area contributed by atoms with Crippen LogP contribution in [-0.4, -0.2) is 56.0 Å². The van der Waals surface area contributed by atoms with Crippen molar-refractivity contribution in [1.82, 2.24) is 4.90 Å². The van der Waals surface area contributed by atoms with Gasteiger partial charge in [-0.3, -0.25) is 4.90 Å². The summed E-state index contributed by atoms with van der Waals surface area (Å²) in [6.07, 6.45) is 5.38. The molecule has 0 radical (unpaired) electrons. The average Bonchev–Trinajstić information content (AvgIpc) is 2.39. The highest BCUT2D eigenvalue weighted by Crippen LogP contribution is 2.35. The van der Waals surface area contributed by atoms with Crippen LogP contribution in [0.2, 0.25) is 0 Å². The van der Waals surface area contributed by atoms with Gasteiger partial charge < -0.3 is 15.2 Å². The summed E-state index contributed by atoms with van der Waals surface area (Å²) in [5.74, 6) is 0. The molecule has 4 nitrogen and oxygen atoms in total. The van der Waals surface area contributed by atoms with Gasteiger partial charge in [-0.2, -0.15) is 0 Å². The van der Waals surface area contributed by atoms with Crippen molar-refractivity contribution in [2.45, 2.75) is 50.4 Å². The molecule has 0 aromatic heterocycles. The summed E-state index contributed by atoms with van der Waals surface area (Å²) in [4.78, 5) is 2.56. The van der Waals surface area contributed by atoms with Crippen molar-refractivity contribution in [3.63, 3.8) is 0 Å². The minimum atomic E-state index is 0.201. The van der Waals surface area contributed by atoms with Crippen LogP contribution in [0.3, 0.4) is 0 Å². The van der Waals surface area contributed by atoms with E-state index in [1.54, 1.807) is 0 Å². The first-order chi connectivity index (χ1) is 8.20. The summed E-state index contributed by atoms with van der Waals surface area (Å²) in [6, 6.07) is 0. The molecule has 1 aliphatic heterocycles. The lowest BCUT2D eigenvalue weighted by Crippen LogP contribution is -2.60. The van der Waals surface area contributed by atoms with Crippen LogP contribution in [0.25, 0.3) is 0 Å². The first-order valence-corrected chi connectivity index (χ1v) is 6.80. The molecular weight excluding hydrogens is 216 g/mol. The highest BCUT2D eigenvalue weighted by molar-refractivity contribution is 4.97. The lowest BCUT2D eigenvalue weighted by Gasteiger charge is -2.49. The Bertz CT molecular complexity index is 240. The maximum absolute atomic E-state index is 6.08. The fourth-order valence-electron chi connectivity index (χ4n) is 3.26. The Morgan fingerprint density at radius 2 is 2.12 bits per heavy atom. The van der Waals surface area contributed by atoms with Crippen molar-refractivity contribution >= 4 is 0 Å². The maximum Gasteiger partial charge on any atom is 0.0674 e. The SMILES string of the molecule is COC1CCC(CN)(N2CCOC(C)C2)CC1. The molecular formula is C13H26N2O2. The van der Waals surface area contributed by atoms with Gasteiger partial charge in [0, 0.05) is 32.3 Å². The monoisotopic (exact) mass is 242 g/mol. The van der Waals surface area contributed by atoms with Crippen LogP contribution >= 0.6 is 0 Å². The Morgan fingerprint density at radius 1 is 1.41 bits per heavy atom. The van der Waals surface area contributed by atoms with Crippen molar-refractivity contribution in [2.24, 2.45) is 5.73 Å². The third-order valence-corrected chi connectivity index (χ3v) is 4.49. The predicted octanol–water partition coefficient (Wildman–Crippen LogP) is 0.994. The molecule has 2 fully saturated rings. The smallest absolute Gasteiger partial charge is 0.0674 e. The van der Waals surface area contributed by atoms with Crippen molar-refractivity contribution in [2.75, 3.05) is 33.4 Å². The van der Waals surface area contributed by atoms with E-state index in [0.29, 0.717) is 12.2 Å². The highest BCUT2D eigenvalue weighted by atomic mass is 16.5. The Labute approximate surface area is 104 Å². The number of morpholine rings is 1. The van der Waals surface area contributed by atoms with Gasteiger partial charge in [-0.05, 0) is 32.6 Å². The number of rotatable bonds is 3. The Hall–Kier alpha value is -0.160. The van der Waals surface area contributed by atoms with E-state index in [1.165, 1.54) is 0 Å². The molecule has 0 aromatic rings. The molecule has 17 heavy (non-hydrogen) atoms. The number of hydrogen-bond acceptors (Lipinski definition) is 4. The summed E-state index contributed by atoms with van der Waals surface area (Å²) < 4.78 is 11.1. The van der Waals surface area contributed by atoms with Gasteiger partial charge in [-0.25, -0.2) is 0 Å². The Morgan fingerprint density at radius 3 is 2.65 bits per heavy atom. The molecule has 1 unspecified atom stereocenters. The first kappa shape index (κ1) is 13.3. The van der Waals surface area contributed by atoms with E-state index in [1.807, 2.05) is 7.11 Å². The lowest BCUT2D eigenvalue weighted by molar-refractivity contribution is -0.0821. The molecule has 1 saturated carbocycles. The fourth-order valence-corrected chi connectivity index (χ4v) is 3.26. The van der Waals surface area contributed by atoms with Crippen LogP contribution in [0.5, 0.6) is 0 Å². The molecule has 0 bridgehead atoms. The molecule has 0 aromatic carbocycles. The normalized spacial score (nSPS) is 40.4. The zero-order valence-electron chi connectivity index (χ0n) is 11.2. The van der Waals surface area contributed by atoms with Crippen LogP contribution in [0.15, 0.2) is 0 Å². The molecule has 1 saturated heterocycles. The third-order valence-electron chi connectivity index (χ3n) is 4.49. The van der Waals surface area contributed by atoms with E-state index in [-0.39, 0.29) is 5.54 Å². The summed E-state index contributed by atoms with van der Waals surface area (Å²) in [7, 11) is 1.82. The summed E-state index contributed by atoms with van der Waals surface area (Å²) in [5, 5.41) is 0. The second kappa shape index (κ2) is 5.65. The van der Waals surface area contributed by atoms with Crippen LogP contribution in [0.1, 0.15) is 32.6 Å². The summed E-state index contributed by atoms with van der Waals surface area (Å²) in [5.41, 5.74) is 6.28. The van der Waals surface area contributed by atoms with Crippen LogP contribution in [-0.2, 0) is 9.47 Å². The van der Waals surface area contributed by atoms with Gasteiger partial charge in [0.05, 0.1) is 18.8 Å². The average molecular weight is 242 g/mol. The molecule has 2 aliphatic rings. The van der Waals surface area contributed by atoms with E-state index in [0.717, 1.165) is 51.9 Å². The quantitative estimate of drug-likeness (QED) is 0.802. The van der Waals surface area contributed by atoms with E-state index in [4.69, 9.17) is 15.2 Å². The van der Waals surface area contributed by atoms with E-state index in [2.05, 4.69) is 11.8 Å². The van der Waals surface area contributed by atoms with Gasteiger partial charge >= 0.3 is 0 Å². The van der Waals surface area contributed by atoms with Gasteiger partial charge in [-0.15, -0.1) is 0 Å². The molecule has 2 N–H and O–H groups in total. The van der Waals surface area contributed by atoms with Crippen molar-refractivity contribution in [3.8, 4) is 0 Å². The molecule has 1 atom stereocenters. The number of nitrogens with zero attached hydrogens (tertiary/aromatic N) is 1. The number of methoxy groups -OCH3 is 1. The fraction of sp³-hybridized carbons (Fsp3) is 1.00. The zero-order valence-corrected chi connectivity index (χ0v) is 11.2. The van der Waals surface area contributed by atoms with Gasteiger partial charge in [0.25, 0.3) is 0 Å². The molecule has 4 heteroatoms. The number of nitrogens with two attached hydrogens (primary N) is 1. The van der Waals surface area contributed by atoms with Gasteiger partial charge in [-0.1, -0.05) is 0 Å². The van der Waals surface area contributed by atoms with E-state index >= 15 is 0 Å². The molecule has 100 valence electrons. The Balaban J connectivity index is 1.99. The summed E-state index contributed by atoms with van der Waals surface area (Å²) in [6.45, 7) is 5.80. The van der Waals surface area contributed by atoms with Crippen molar-refractivity contribution in [1.29, 1.82) is 0 Å². The molecule has 1 aliphatic carbocycles. The predicted molar refractivity (Wildman–Crippen MR) is 68.0 cm³/mol. The largest absolute Gasteiger partial charge is 0.381 e. The van der Waals surface area contributed by atoms with E-state index in [9.17, 15) is 0 Å². The zero-order chi connectivity index (χ0) is 12.3. The van der Waals surface area contributed by atoms with Crippen LogP contribution in [0.4, 0.5) is 0 Å². The second-order valence-electron chi connectivity index (χ2n) is 5.49. The first-order valence-electron chi connectivity index (χ1n) is 6.80. The van der Waals surface area contributed by atoms with Gasteiger partial charge in [0.15, 0.2) is 0 Å². The lowest BCUT2D eigenvalue weighted by atomic mass is 9.78. The van der Waals surface area contributed by atoms with Crippen LogP contribution < -0.4 is 5.73 Å². The second-order valence-corrected chi connectivity index (χ2v) is 5.49. The third kappa shape index (κ3) is 2.81. The number of hydrogen-bond donors (Lipinski definition) is 1. The molecule has 0 amide bonds. The van der Waals surface area contributed by atoms with Gasteiger partial charge in [0.1, 0.15) is 0 Å². The van der Waals surface area contributed by atoms with Crippen molar-refractivity contribution < 1.29 is 9.47 Å². The Kier molecular flexibility index (Phi) is 4.42. The highest BCUT2D eigenvalue weighted by Gasteiger charge is 2.40. The molecule has 1 heterocycles. The minimum Gasteiger partial charge on any atom is -0.381 e. The van der Waals surface area contributed by atoms with Crippen molar-refractivity contribution in [3.05, 3.63) is 0 Å². The number of ether oxygens (including phenoxy) is 2. The molecule has 2 rings (SSSR count). The maximum atomic E-state index is 6.08. The minimum absolute atomic E-state index is 0.201. The topological polar surface area (TPSA) is 47.7 Å².